The summed E-state index contributed by atoms with van der Waals surface area (Å²) in [6.45, 7) is 13.3. The zero-order valence-corrected chi connectivity index (χ0v) is 74.6. The van der Waals surface area contributed by atoms with Gasteiger partial charge in [0.05, 0.1) is 24.2 Å². The molecule has 7 amide bonds. The van der Waals surface area contributed by atoms with Gasteiger partial charge in [0.1, 0.15) is 34.6 Å². The number of hydrogen-bond acceptors (Lipinski definition) is 21. The van der Waals surface area contributed by atoms with Crippen LogP contribution in [0.1, 0.15) is 387 Å². The molecule has 4 unspecified atom stereocenters. The molecule has 10 aromatic rings. The Labute approximate surface area is 748 Å². The average molecular weight is 1750 g/mol. The first-order chi connectivity index (χ1) is 62.1. The van der Waals surface area contributed by atoms with Crippen molar-refractivity contribution in [3.63, 3.8) is 0 Å². The van der Waals surface area contributed by atoms with E-state index >= 15 is 0 Å². The summed E-state index contributed by atoms with van der Waals surface area (Å²) in [4.78, 5) is 87.6. The highest BCUT2D eigenvalue weighted by molar-refractivity contribution is 6.03. The highest BCUT2D eigenvalue weighted by atomic mass is 16.5. The summed E-state index contributed by atoms with van der Waals surface area (Å²) in [5.41, 5.74) is 20.1. The summed E-state index contributed by atoms with van der Waals surface area (Å²) in [6.07, 6.45) is 30.0. The molecule has 0 radical (unpaired) electrons. The van der Waals surface area contributed by atoms with E-state index < -0.39 is 6.04 Å². The third-order valence-electron chi connectivity index (χ3n) is 26.2. The SMILES string of the molecule is CC(N)c1ccc(NC(=O)c2cc(C3CC3)on2)cc1.CC(NC(=O)c1cc(C2CC2)on1)C1CCCCC1.CC1CC(NC(=O)c2cc(C3CC3)on2)C1.C[C@H](N)C(=O)N1CCC([C@H](NC(=O)c2cc(C3CC3)on2)c2ccccc2)CC1.Cc1ccc(C(C)NC(=O)c2cc(C3CC3)on2)cc1.O=C(NC(c1ccccc1)C1CCCCC1)c1cc(C2CC2)on1. The van der Waals surface area contributed by atoms with Crippen LogP contribution in [0.2, 0.25) is 0 Å². The maximum Gasteiger partial charge on any atom is 0.277 e. The first-order valence-electron chi connectivity index (χ1n) is 46.8. The molecule has 1 aliphatic heterocycles. The van der Waals surface area contributed by atoms with Crippen LogP contribution in [0.25, 0.3) is 0 Å². The molecular weight excluding hydrogens is 1620 g/mol. The molecule has 6 aromatic heterocycles. The van der Waals surface area contributed by atoms with Gasteiger partial charge < -0.3 is 75.4 Å². The minimum absolute atomic E-state index is 0.0149. The van der Waals surface area contributed by atoms with Crippen molar-refractivity contribution in [3.8, 4) is 0 Å². The normalized spacial score (nSPS) is 20.0. The van der Waals surface area contributed by atoms with E-state index in [0.717, 1.165) is 166 Å². The molecule has 9 saturated carbocycles. The van der Waals surface area contributed by atoms with Crippen molar-refractivity contribution in [1.29, 1.82) is 0 Å². The summed E-state index contributed by atoms with van der Waals surface area (Å²) >= 11 is 0. The predicted molar refractivity (Wildman–Crippen MR) is 481 cm³/mol. The number of carbonyl (C=O) groups is 7. The number of amides is 7. The number of benzene rings is 4. The van der Waals surface area contributed by atoms with Crippen molar-refractivity contribution in [2.75, 3.05) is 18.4 Å². The first kappa shape index (κ1) is 91.1. The Balaban J connectivity index is 0.000000119. The molecule has 10 aliphatic rings. The Morgan fingerprint density at radius 1 is 0.367 bits per heavy atom. The number of nitrogens with one attached hydrogen (secondary N) is 6. The van der Waals surface area contributed by atoms with Crippen LogP contribution in [0.15, 0.2) is 173 Å². The largest absolute Gasteiger partial charge is 0.360 e. The highest BCUT2D eigenvalue weighted by Crippen LogP contribution is 2.46. The second kappa shape index (κ2) is 43.0. The Hall–Kier alpha value is -11.7. The number of hydrogen-bond donors (Lipinski definition) is 8. The molecule has 678 valence electrons. The first-order valence-corrected chi connectivity index (χ1v) is 46.8. The number of aromatic nitrogens is 6. The number of carbonyl (C=O) groups excluding carboxylic acids is 7. The third kappa shape index (κ3) is 25.9. The van der Waals surface area contributed by atoms with Gasteiger partial charge in [0.25, 0.3) is 35.4 Å². The lowest BCUT2D eigenvalue weighted by atomic mass is 9.81. The maximum atomic E-state index is 12.9. The number of nitrogens with zero attached hydrogens (tertiary/aromatic N) is 7. The fraction of sp³-hybridized carbons (Fsp3) is 0.510. The van der Waals surface area contributed by atoms with Gasteiger partial charge in [-0.2, -0.15) is 0 Å². The van der Waals surface area contributed by atoms with Gasteiger partial charge in [-0.15, -0.1) is 0 Å². The molecule has 28 nitrogen and oxygen atoms in total. The van der Waals surface area contributed by atoms with Gasteiger partial charge in [0.15, 0.2) is 34.2 Å². The molecule has 10 fully saturated rings. The van der Waals surface area contributed by atoms with E-state index in [9.17, 15) is 33.6 Å². The Morgan fingerprint density at radius 2 is 0.703 bits per heavy atom. The monoisotopic (exact) mass is 1740 g/mol. The van der Waals surface area contributed by atoms with Gasteiger partial charge in [-0.3, -0.25) is 33.6 Å². The molecule has 9 aliphatic carbocycles. The van der Waals surface area contributed by atoms with Crippen LogP contribution in [0.3, 0.4) is 0 Å². The van der Waals surface area contributed by atoms with E-state index in [2.05, 4.69) is 88.8 Å². The van der Waals surface area contributed by atoms with Crippen molar-refractivity contribution in [2.45, 2.75) is 286 Å². The fourth-order valence-electron chi connectivity index (χ4n) is 17.2. The van der Waals surface area contributed by atoms with Gasteiger partial charge in [-0.1, -0.05) is 179 Å². The van der Waals surface area contributed by atoms with Crippen LogP contribution < -0.4 is 43.4 Å². The van der Waals surface area contributed by atoms with Crippen LogP contribution in [0.5, 0.6) is 0 Å². The number of rotatable bonds is 26. The lowest BCUT2D eigenvalue weighted by molar-refractivity contribution is -0.133. The summed E-state index contributed by atoms with van der Waals surface area (Å²) < 4.78 is 31.4. The molecule has 28 heteroatoms. The second-order valence-electron chi connectivity index (χ2n) is 37.3. The summed E-state index contributed by atoms with van der Waals surface area (Å²) in [7, 11) is 0. The number of anilines is 1. The zero-order valence-electron chi connectivity index (χ0n) is 74.6. The Morgan fingerprint density at radius 3 is 1.06 bits per heavy atom. The van der Waals surface area contributed by atoms with Gasteiger partial charge in [0.2, 0.25) is 5.91 Å². The van der Waals surface area contributed by atoms with Gasteiger partial charge in [-0.25, -0.2) is 0 Å². The van der Waals surface area contributed by atoms with Crippen molar-refractivity contribution < 1.29 is 60.7 Å². The van der Waals surface area contributed by atoms with E-state index in [0.29, 0.717) is 101 Å². The zero-order chi connectivity index (χ0) is 89.3. The number of nitrogens with two attached hydrogens (primary N) is 2. The number of aryl methyl sites for hydroxylation is 1. The van der Waals surface area contributed by atoms with E-state index in [-0.39, 0.29) is 77.5 Å². The molecule has 7 heterocycles. The molecule has 6 atom stereocenters. The summed E-state index contributed by atoms with van der Waals surface area (Å²) in [5.74, 6) is 8.98. The van der Waals surface area contributed by atoms with E-state index in [1.54, 1.807) is 37.3 Å². The lowest BCUT2D eigenvalue weighted by Gasteiger charge is -2.37. The fourth-order valence-corrected chi connectivity index (χ4v) is 17.2. The highest BCUT2D eigenvalue weighted by Gasteiger charge is 2.38. The van der Waals surface area contributed by atoms with Crippen LogP contribution in [0.4, 0.5) is 5.69 Å². The smallest absolute Gasteiger partial charge is 0.277 e. The van der Waals surface area contributed by atoms with Gasteiger partial charge in [-0.05, 0) is 221 Å². The summed E-state index contributed by atoms with van der Waals surface area (Å²) in [6, 6.07) is 46.5. The third-order valence-corrected chi connectivity index (χ3v) is 26.2. The molecule has 1 saturated heterocycles. The van der Waals surface area contributed by atoms with E-state index in [4.69, 9.17) is 38.6 Å². The molecule has 20 rings (SSSR count). The average Bonchev–Trinajstić information content (AvgIpc) is 1.79. The van der Waals surface area contributed by atoms with Crippen LogP contribution >= 0.6 is 0 Å². The number of piperidine rings is 1. The van der Waals surface area contributed by atoms with Crippen LogP contribution in [-0.4, -0.2) is 108 Å². The molecule has 4 aromatic carbocycles. The minimum atomic E-state index is -0.482. The predicted octanol–water partition coefficient (Wildman–Crippen LogP) is 18.7. The lowest BCUT2D eigenvalue weighted by Crippen LogP contribution is -2.47. The van der Waals surface area contributed by atoms with Crippen molar-refractivity contribution in [3.05, 3.63) is 242 Å². The molecule has 0 spiro atoms. The molecular formula is C100H125N15O13. The van der Waals surface area contributed by atoms with E-state index in [1.165, 1.54) is 75.3 Å². The van der Waals surface area contributed by atoms with E-state index in [1.807, 2.05) is 129 Å². The standard InChI is InChI=1S/C22H28N4O3.C20H24N2O2.C16H18N2O2.C15H17N3O2.C15H22N2O2.C12H16N2O2/c1-14(23)22(28)26-11-9-17(10-12-26)20(16-5-3-2-4-6-16)24-21(27)18-13-19(29-25-18)15-7-8-15;23-20(17-13-18(24-22-17)14-11-12-14)21-19(15-7-3-1-4-8-15)16-9-5-2-6-10-16;1-10-3-5-12(6-4-10)11(2)17-16(19)14-9-15(20-18-14)13-7-8-13;1-9(16)10-4-6-12(7-5-10)17-15(19)13-8-14(20-18-13)11-2-3-11;1-10(11-5-3-2-4-6-11)16-15(18)13-9-14(19-17-13)12-7-8-12;1-7-4-9(5-7)13-12(15)10-6-11(16-14-10)8-2-3-8/h2-6,13-15,17,20H,7-12,23H2,1H3,(H,24,27);1,3-4,7-8,13-14,16,19H,2,5-6,9-12H2,(H,21,23);3-6,9,11,13H,7-8H2,1-2H3,(H,17,19);4-9,11H,2-3,16H2,1H3,(H,17,19);9-12H,2-8H2,1H3,(H,16,18);6-9H,2-5H2,1H3,(H,13,15)/t14-,20+;;;;;/m0...../s1. The Kier molecular flexibility index (Phi) is 30.6. The molecule has 10 N–H and O–H groups in total. The number of likely N-dealkylation sites (tertiary alicyclic amines) is 1. The topological polar surface area (TPSA) is 403 Å². The van der Waals surface area contributed by atoms with Crippen molar-refractivity contribution in [1.82, 2.24) is 62.4 Å². The summed E-state index contributed by atoms with van der Waals surface area (Å²) in [5, 5.41) is 41.5. The maximum absolute atomic E-state index is 12.9. The van der Waals surface area contributed by atoms with Gasteiger partial charge in [0, 0.05) is 109 Å². The Bertz CT molecular complexity index is 5270. The van der Waals surface area contributed by atoms with Crippen molar-refractivity contribution in [2.24, 2.45) is 35.1 Å². The van der Waals surface area contributed by atoms with Crippen molar-refractivity contribution >= 4 is 47.0 Å². The van der Waals surface area contributed by atoms with Crippen LogP contribution in [0, 0.1) is 30.6 Å². The quantitative estimate of drug-likeness (QED) is 0.0250. The van der Waals surface area contributed by atoms with Crippen LogP contribution in [-0.2, 0) is 4.79 Å². The second-order valence-corrected chi connectivity index (χ2v) is 37.3. The van der Waals surface area contributed by atoms with Gasteiger partial charge >= 0.3 is 0 Å². The minimum Gasteiger partial charge on any atom is -0.360 e. The molecule has 128 heavy (non-hydrogen) atoms. The molecule has 0 bridgehead atoms.